The van der Waals surface area contributed by atoms with Gasteiger partial charge in [0, 0.05) is 18.3 Å². The van der Waals surface area contributed by atoms with Crippen molar-refractivity contribution >= 4 is 16.1 Å². The first-order valence-corrected chi connectivity index (χ1v) is 5.38. The maximum Gasteiger partial charge on any atom is 0.446 e. The molecule has 14 heavy (non-hydrogen) atoms. The highest BCUT2D eigenvalue weighted by atomic mass is 32.3. The first-order valence-electron chi connectivity index (χ1n) is 4.02. The predicted molar refractivity (Wildman–Crippen MR) is 52.8 cm³/mol. The Morgan fingerprint density at radius 2 is 2.21 bits per heavy atom. The molecule has 0 fully saturated rings. The normalized spacial score (nSPS) is 11.0. The summed E-state index contributed by atoms with van der Waals surface area (Å²) < 4.78 is 33.5. The van der Waals surface area contributed by atoms with Gasteiger partial charge in [-0.05, 0) is 19.1 Å². The zero-order valence-electron chi connectivity index (χ0n) is 7.60. The third-order valence-electron chi connectivity index (χ3n) is 1.42. The summed E-state index contributed by atoms with van der Waals surface area (Å²) in [6.45, 7) is 2.63. The third kappa shape index (κ3) is 3.63. The largest absolute Gasteiger partial charge is 0.446 e. The Bertz CT molecular complexity index is 402. The molecule has 0 aromatic heterocycles. The lowest BCUT2D eigenvalue weighted by Crippen LogP contribution is -2.06. The van der Waals surface area contributed by atoms with Crippen molar-refractivity contribution in [2.24, 2.45) is 0 Å². The number of rotatable bonds is 4. The second kappa shape index (κ2) is 4.30. The molecule has 0 aliphatic carbocycles. The minimum absolute atomic E-state index is 0.0750. The maximum absolute atomic E-state index is 10.4. The Hall–Kier alpha value is -1.27. The van der Waals surface area contributed by atoms with E-state index in [1.165, 1.54) is 12.1 Å². The lowest BCUT2D eigenvalue weighted by Gasteiger charge is -2.05. The Labute approximate surface area is 82.7 Å². The fourth-order valence-electron chi connectivity index (χ4n) is 0.984. The summed E-state index contributed by atoms with van der Waals surface area (Å²) >= 11 is 0. The lowest BCUT2D eigenvalue weighted by molar-refractivity contribution is 0.387. The van der Waals surface area contributed by atoms with E-state index in [0.29, 0.717) is 0 Å². The van der Waals surface area contributed by atoms with Crippen molar-refractivity contribution in [2.45, 2.75) is 6.92 Å². The summed E-state index contributed by atoms with van der Waals surface area (Å²) in [7, 11) is -4.44. The molecule has 0 saturated carbocycles. The molecule has 0 heterocycles. The second-order valence-corrected chi connectivity index (χ2v) is 3.59. The van der Waals surface area contributed by atoms with Crippen LogP contribution in [0.25, 0.3) is 0 Å². The summed E-state index contributed by atoms with van der Waals surface area (Å²) in [6, 6.07) is 6.31. The number of hydrogen-bond donors (Lipinski definition) is 2. The smallest absolute Gasteiger partial charge is 0.385 e. The number of anilines is 1. The van der Waals surface area contributed by atoms with E-state index in [1.54, 1.807) is 12.1 Å². The Kier molecular flexibility index (Phi) is 3.32. The summed E-state index contributed by atoms with van der Waals surface area (Å²) in [5.74, 6) is 0.0750. The zero-order valence-corrected chi connectivity index (χ0v) is 8.41. The van der Waals surface area contributed by atoms with Gasteiger partial charge in [0.25, 0.3) is 0 Å². The van der Waals surface area contributed by atoms with E-state index in [0.717, 1.165) is 12.2 Å². The van der Waals surface area contributed by atoms with Gasteiger partial charge >= 0.3 is 10.4 Å². The lowest BCUT2D eigenvalue weighted by atomic mass is 10.3. The van der Waals surface area contributed by atoms with E-state index in [1.807, 2.05) is 6.92 Å². The molecule has 6 heteroatoms. The Morgan fingerprint density at radius 1 is 1.50 bits per heavy atom. The molecule has 78 valence electrons. The van der Waals surface area contributed by atoms with Crippen LogP contribution >= 0.6 is 0 Å². The molecule has 0 saturated heterocycles. The molecule has 0 spiro atoms. The molecule has 1 aromatic carbocycles. The van der Waals surface area contributed by atoms with Crippen LogP contribution in [0.4, 0.5) is 5.69 Å². The highest BCUT2D eigenvalue weighted by Gasteiger charge is 2.06. The van der Waals surface area contributed by atoms with Crippen LogP contribution in [-0.4, -0.2) is 19.5 Å². The van der Waals surface area contributed by atoms with Gasteiger partial charge in [-0.25, -0.2) is 0 Å². The summed E-state index contributed by atoms with van der Waals surface area (Å²) in [5, 5.41) is 2.98. The second-order valence-electron chi connectivity index (χ2n) is 2.57. The zero-order chi connectivity index (χ0) is 10.6. The van der Waals surface area contributed by atoms with Gasteiger partial charge in [0.1, 0.15) is 5.75 Å². The van der Waals surface area contributed by atoms with Crippen LogP contribution in [0.2, 0.25) is 0 Å². The predicted octanol–water partition coefficient (Wildman–Crippen LogP) is 1.30. The molecule has 2 N–H and O–H groups in total. The monoisotopic (exact) mass is 217 g/mol. The van der Waals surface area contributed by atoms with Crippen LogP contribution < -0.4 is 9.50 Å². The van der Waals surface area contributed by atoms with Crippen LogP contribution in [0.1, 0.15) is 6.92 Å². The molecule has 5 nitrogen and oxygen atoms in total. The van der Waals surface area contributed by atoms with Crippen LogP contribution in [0, 0.1) is 0 Å². The fraction of sp³-hybridized carbons (Fsp3) is 0.250. The van der Waals surface area contributed by atoms with Crippen molar-refractivity contribution in [3.05, 3.63) is 24.3 Å². The van der Waals surface area contributed by atoms with Crippen molar-refractivity contribution in [1.29, 1.82) is 0 Å². The summed E-state index contributed by atoms with van der Waals surface area (Å²) in [5.41, 5.74) is 0.730. The van der Waals surface area contributed by atoms with Gasteiger partial charge in [0.15, 0.2) is 0 Å². The van der Waals surface area contributed by atoms with Gasteiger partial charge in [0.2, 0.25) is 0 Å². The van der Waals surface area contributed by atoms with Crippen LogP contribution in [0.3, 0.4) is 0 Å². The van der Waals surface area contributed by atoms with Gasteiger partial charge < -0.3 is 9.50 Å². The minimum Gasteiger partial charge on any atom is -0.385 e. The summed E-state index contributed by atoms with van der Waals surface area (Å²) in [6.07, 6.45) is 0. The van der Waals surface area contributed by atoms with E-state index in [4.69, 9.17) is 4.55 Å². The quantitative estimate of drug-likeness (QED) is 0.743. The van der Waals surface area contributed by atoms with Gasteiger partial charge in [-0.3, -0.25) is 4.55 Å². The van der Waals surface area contributed by atoms with E-state index in [-0.39, 0.29) is 5.75 Å². The van der Waals surface area contributed by atoms with Crippen LogP contribution in [0.5, 0.6) is 5.75 Å². The number of hydrogen-bond acceptors (Lipinski definition) is 4. The molecule has 1 rings (SSSR count). The molecule has 0 aliphatic rings. The first kappa shape index (κ1) is 10.8. The molecule has 0 amide bonds. The molecular weight excluding hydrogens is 206 g/mol. The minimum atomic E-state index is -4.44. The highest BCUT2D eigenvalue weighted by Crippen LogP contribution is 2.18. The average molecular weight is 217 g/mol. The van der Waals surface area contributed by atoms with Crippen molar-refractivity contribution < 1.29 is 17.2 Å². The fourth-order valence-corrected chi connectivity index (χ4v) is 1.33. The number of benzene rings is 1. The average Bonchev–Trinajstić information content (AvgIpc) is 2.02. The maximum atomic E-state index is 10.4. The van der Waals surface area contributed by atoms with Gasteiger partial charge in [0.05, 0.1) is 0 Å². The van der Waals surface area contributed by atoms with Crippen LogP contribution in [-0.2, 0) is 10.4 Å². The van der Waals surface area contributed by atoms with Gasteiger partial charge in [-0.15, -0.1) is 0 Å². The van der Waals surface area contributed by atoms with E-state index >= 15 is 0 Å². The molecule has 1 aromatic rings. The van der Waals surface area contributed by atoms with Crippen molar-refractivity contribution in [3.63, 3.8) is 0 Å². The van der Waals surface area contributed by atoms with Crippen molar-refractivity contribution in [2.75, 3.05) is 11.9 Å². The van der Waals surface area contributed by atoms with E-state index in [9.17, 15) is 8.42 Å². The van der Waals surface area contributed by atoms with Crippen molar-refractivity contribution in [1.82, 2.24) is 0 Å². The first-order chi connectivity index (χ1) is 6.51. The van der Waals surface area contributed by atoms with Crippen molar-refractivity contribution in [3.8, 4) is 5.75 Å². The Morgan fingerprint density at radius 3 is 2.79 bits per heavy atom. The van der Waals surface area contributed by atoms with Gasteiger partial charge in [-0.1, -0.05) is 6.07 Å². The Balaban J connectivity index is 2.83. The molecule has 0 atom stereocenters. The van der Waals surface area contributed by atoms with Crippen LogP contribution in [0.15, 0.2) is 24.3 Å². The topological polar surface area (TPSA) is 75.6 Å². The molecule has 0 unspecified atom stereocenters. The molecular formula is C8H11NO4S. The SMILES string of the molecule is CCNc1cccc(OS(=O)(=O)O)c1. The van der Waals surface area contributed by atoms with Gasteiger partial charge in [-0.2, -0.15) is 8.42 Å². The standard InChI is InChI=1S/C8H11NO4S/c1-2-9-7-4-3-5-8(6-7)13-14(10,11)12/h3-6,9H,2H2,1H3,(H,10,11,12). The summed E-state index contributed by atoms with van der Waals surface area (Å²) in [4.78, 5) is 0. The number of nitrogens with one attached hydrogen (secondary N) is 1. The van der Waals surface area contributed by atoms with E-state index in [2.05, 4.69) is 9.50 Å². The molecule has 0 bridgehead atoms. The molecule has 0 radical (unpaired) electrons. The van der Waals surface area contributed by atoms with E-state index < -0.39 is 10.4 Å². The molecule has 0 aliphatic heterocycles. The highest BCUT2D eigenvalue weighted by molar-refractivity contribution is 7.81. The third-order valence-corrected chi connectivity index (χ3v) is 1.82.